The lowest BCUT2D eigenvalue weighted by molar-refractivity contribution is 0.186. The number of hydrogen-bond donors (Lipinski definition) is 1. The van der Waals surface area contributed by atoms with Gasteiger partial charge in [0.2, 0.25) is 0 Å². The molecule has 1 N–H and O–H groups in total. The highest BCUT2D eigenvalue weighted by molar-refractivity contribution is 5.32. The molecule has 3 aromatic rings. The van der Waals surface area contributed by atoms with E-state index in [-0.39, 0.29) is 12.6 Å². The molecule has 4 heteroatoms. The molecule has 0 amide bonds. The summed E-state index contributed by atoms with van der Waals surface area (Å²) in [5, 5.41) is 13.8. The van der Waals surface area contributed by atoms with Crippen LogP contribution in [0.5, 0.6) is 0 Å². The molecule has 1 heterocycles. The normalized spacial score (nSPS) is 11.4. The summed E-state index contributed by atoms with van der Waals surface area (Å²) >= 11 is 0. The molecule has 0 saturated heterocycles. The highest BCUT2D eigenvalue weighted by Crippen LogP contribution is 2.30. The maximum Gasteiger partial charge on any atom is 0.0604 e. The molecule has 4 nitrogen and oxygen atoms in total. The van der Waals surface area contributed by atoms with Crippen molar-refractivity contribution >= 4 is 0 Å². The van der Waals surface area contributed by atoms with Crippen molar-refractivity contribution in [2.75, 3.05) is 13.2 Å². The Morgan fingerprint density at radius 2 is 1.58 bits per heavy atom. The van der Waals surface area contributed by atoms with E-state index in [1.165, 1.54) is 22.4 Å². The zero-order valence-electron chi connectivity index (χ0n) is 15.5. The van der Waals surface area contributed by atoms with Crippen LogP contribution in [0.25, 0.3) is 0 Å². The molecule has 0 spiro atoms. The summed E-state index contributed by atoms with van der Waals surface area (Å²) in [5.41, 5.74) is 4.93. The summed E-state index contributed by atoms with van der Waals surface area (Å²) in [4.78, 5) is 2.44. The van der Waals surface area contributed by atoms with Crippen LogP contribution in [0.3, 0.4) is 0 Å². The van der Waals surface area contributed by atoms with Crippen molar-refractivity contribution in [2.24, 2.45) is 7.05 Å². The Bertz CT molecular complexity index is 759. The van der Waals surface area contributed by atoms with E-state index in [4.69, 9.17) is 0 Å². The fraction of sp³-hybridized carbons (Fsp3) is 0.318. The van der Waals surface area contributed by atoms with Crippen molar-refractivity contribution in [3.05, 3.63) is 89.2 Å². The van der Waals surface area contributed by atoms with Gasteiger partial charge in [0.15, 0.2) is 0 Å². The second kappa shape index (κ2) is 8.79. The van der Waals surface area contributed by atoms with Gasteiger partial charge in [0.1, 0.15) is 0 Å². The number of benzene rings is 2. The first-order valence-corrected chi connectivity index (χ1v) is 9.13. The number of aliphatic hydroxyl groups excluding tert-OH is 1. The maximum absolute atomic E-state index is 9.42. The van der Waals surface area contributed by atoms with Gasteiger partial charge in [-0.1, -0.05) is 60.7 Å². The molecule has 136 valence electrons. The zero-order chi connectivity index (χ0) is 18.4. The van der Waals surface area contributed by atoms with Crippen LogP contribution in [-0.4, -0.2) is 32.9 Å². The Morgan fingerprint density at radius 1 is 1.00 bits per heavy atom. The summed E-state index contributed by atoms with van der Waals surface area (Å²) < 4.78 is 1.92. The highest BCUT2D eigenvalue weighted by atomic mass is 16.3. The van der Waals surface area contributed by atoms with Crippen LogP contribution in [0.1, 0.15) is 34.8 Å². The van der Waals surface area contributed by atoms with Crippen LogP contribution < -0.4 is 0 Å². The fourth-order valence-corrected chi connectivity index (χ4v) is 3.38. The predicted octanol–water partition coefficient (Wildman–Crippen LogP) is 3.70. The third-order valence-corrected chi connectivity index (χ3v) is 4.91. The molecular weight excluding hydrogens is 322 g/mol. The molecule has 0 aliphatic rings. The van der Waals surface area contributed by atoms with E-state index >= 15 is 0 Å². The Morgan fingerprint density at radius 3 is 2.04 bits per heavy atom. The molecule has 0 atom stereocenters. The van der Waals surface area contributed by atoms with Crippen LogP contribution in [-0.2, 0) is 13.6 Å². The topological polar surface area (TPSA) is 41.3 Å². The van der Waals surface area contributed by atoms with Crippen LogP contribution in [0.4, 0.5) is 0 Å². The first kappa shape index (κ1) is 18.4. The molecule has 0 aliphatic carbocycles. The molecule has 26 heavy (non-hydrogen) atoms. The van der Waals surface area contributed by atoms with Gasteiger partial charge in [-0.2, -0.15) is 5.10 Å². The molecule has 0 radical (unpaired) electrons. The van der Waals surface area contributed by atoms with Gasteiger partial charge in [0, 0.05) is 38.0 Å². The van der Waals surface area contributed by atoms with E-state index in [1.807, 2.05) is 17.9 Å². The summed E-state index contributed by atoms with van der Waals surface area (Å²) in [5.74, 6) is 0. The summed E-state index contributed by atoms with van der Waals surface area (Å²) in [6, 6.07) is 21.3. The SMILES string of the molecule is Cc1c(CN(CCCO)C(c2ccccc2)c2ccccc2)cnn1C. The Balaban J connectivity index is 1.99. The quantitative estimate of drug-likeness (QED) is 0.674. The van der Waals surface area contributed by atoms with Gasteiger partial charge in [-0.15, -0.1) is 0 Å². The molecule has 0 bridgehead atoms. The van der Waals surface area contributed by atoms with Gasteiger partial charge in [-0.3, -0.25) is 9.58 Å². The predicted molar refractivity (Wildman–Crippen MR) is 105 cm³/mol. The average molecular weight is 349 g/mol. The van der Waals surface area contributed by atoms with E-state index in [0.29, 0.717) is 0 Å². The van der Waals surface area contributed by atoms with Crippen molar-refractivity contribution in [3.63, 3.8) is 0 Å². The van der Waals surface area contributed by atoms with Crippen LogP contribution >= 0.6 is 0 Å². The fourth-order valence-electron chi connectivity index (χ4n) is 3.38. The minimum Gasteiger partial charge on any atom is -0.396 e. The Hall–Kier alpha value is -2.43. The van der Waals surface area contributed by atoms with E-state index in [0.717, 1.165) is 19.5 Å². The van der Waals surface area contributed by atoms with Crippen LogP contribution in [0.15, 0.2) is 66.9 Å². The van der Waals surface area contributed by atoms with Gasteiger partial charge in [0.25, 0.3) is 0 Å². The number of aliphatic hydroxyl groups is 1. The largest absolute Gasteiger partial charge is 0.396 e. The van der Waals surface area contributed by atoms with Crippen molar-refractivity contribution in [1.82, 2.24) is 14.7 Å². The Labute approximate surface area is 155 Å². The number of rotatable bonds is 8. The van der Waals surface area contributed by atoms with Crippen LogP contribution in [0.2, 0.25) is 0 Å². The van der Waals surface area contributed by atoms with E-state index in [9.17, 15) is 5.11 Å². The average Bonchev–Trinajstić information content (AvgIpc) is 3.00. The second-order valence-corrected chi connectivity index (χ2v) is 6.65. The van der Waals surface area contributed by atoms with E-state index in [1.54, 1.807) is 0 Å². The smallest absolute Gasteiger partial charge is 0.0604 e. The maximum atomic E-state index is 9.42. The van der Waals surface area contributed by atoms with Crippen molar-refractivity contribution in [2.45, 2.75) is 25.9 Å². The minimum absolute atomic E-state index is 0.142. The van der Waals surface area contributed by atoms with E-state index < -0.39 is 0 Å². The van der Waals surface area contributed by atoms with Crippen molar-refractivity contribution in [3.8, 4) is 0 Å². The molecule has 0 fully saturated rings. The molecule has 1 aromatic heterocycles. The Kier molecular flexibility index (Phi) is 6.21. The van der Waals surface area contributed by atoms with Gasteiger partial charge >= 0.3 is 0 Å². The number of nitrogens with zero attached hydrogens (tertiary/aromatic N) is 3. The van der Waals surface area contributed by atoms with Gasteiger partial charge in [-0.05, 0) is 24.5 Å². The zero-order valence-corrected chi connectivity index (χ0v) is 15.5. The number of aryl methyl sites for hydroxylation is 1. The molecule has 0 unspecified atom stereocenters. The monoisotopic (exact) mass is 349 g/mol. The molecule has 0 saturated carbocycles. The number of aromatic nitrogens is 2. The lowest BCUT2D eigenvalue weighted by atomic mass is 9.96. The third kappa shape index (κ3) is 4.21. The minimum atomic E-state index is 0.142. The lowest BCUT2D eigenvalue weighted by Gasteiger charge is -2.32. The van der Waals surface area contributed by atoms with Crippen molar-refractivity contribution in [1.29, 1.82) is 0 Å². The molecule has 2 aromatic carbocycles. The first-order chi connectivity index (χ1) is 12.7. The summed E-state index contributed by atoms with van der Waals surface area (Å²) in [6.07, 6.45) is 2.70. The van der Waals surface area contributed by atoms with Gasteiger partial charge < -0.3 is 5.11 Å². The standard InChI is InChI=1S/C22H27N3O/c1-18-21(16-23-24(18)2)17-25(14-9-15-26)22(19-10-5-3-6-11-19)20-12-7-4-8-13-20/h3-8,10-13,16,22,26H,9,14-15,17H2,1-2H3. The van der Waals surface area contributed by atoms with Crippen molar-refractivity contribution < 1.29 is 5.11 Å². The number of hydrogen-bond acceptors (Lipinski definition) is 3. The van der Waals surface area contributed by atoms with Crippen LogP contribution in [0, 0.1) is 6.92 Å². The second-order valence-electron chi connectivity index (χ2n) is 6.65. The highest BCUT2D eigenvalue weighted by Gasteiger charge is 2.23. The molecular formula is C22H27N3O. The summed E-state index contributed by atoms with van der Waals surface area (Å²) in [6.45, 7) is 3.92. The molecule has 3 rings (SSSR count). The molecule has 0 aliphatic heterocycles. The van der Waals surface area contributed by atoms with E-state index in [2.05, 4.69) is 77.6 Å². The first-order valence-electron chi connectivity index (χ1n) is 9.13. The third-order valence-electron chi connectivity index (χ3n) is 4.91. The summed E-state index contributed by atoms with van der Waals surface area (Å²) in [7, 11) is 1.97. The van der Waals surface area contributed by atoms with Gasteiger partial charge in [-0.25, -0.2) is 0 Å². The van der Waals surface area contributed by atoms with Gasteiger partial charge in [0.05, 0.1) is 12.2 Å². The lowest BCUT2D eigenvalue weighted by Crippen LogP contribution is -2.31.